The van der Waals surface area contributed by atoms with Gasteiger partial charge in [-0.1, -0.05) is 36.4 Å². The van der Waals surface area contributed by atoms with Gasteiger partial charge < -0.3 is 5.73 Å². The molecule has 0 saturated heterocycles. The van der Waals surface area contributed by atoms with Gasteiger partial charge in [-0.15, -0.1) is 0 Å². The Balaban J connectivity index is 2.17. The minimum absolute atomic E-state index is 0.304. The lowest BCUT2D eigenvalue weighted by molar-refractivity contribution is 0.706. The first-order chi connectivity index (χ1) is 7.75. The van der Waals surface area contributed by atoms with E-state index in [9.17, 15) is 0 Å². The predicted octanol–water partition coefficient (Wildman–Crippen LogP) is 3.14. The van der Waals surface area contributed by atoms with Gasteiger partial charge in [0, 0.05) is 12.0 Å². The molecule has 0 amide bonds. The normalized spacial score (nSPS) is 17.6. The highest BCUT2D eigenvalue weighted by Crippen LogP contribution is 2.47. The Labute approximate surface area is 96.3 Å². The fourth-order valence-electron chi connectivity index (χ4n) is 2.54. The molecule has 2 aromatic rings. The maximum Gasteiger partial charge on any atom is 0.00764 e. The van der Waals surface area contributed by atoms with Crippen LogP contribution in [-0.2, 0) is 5.41 Å². The molecule has 1 aliphatic rings. The van der Waals surface area contributed by atoms with Crippen molar-refractivity contribution >= 4 is 10.8 Å². The van der Waals surface area contributed by atoms with E-state index in [-0.39, 0.29) is 0 Å². The highest BCUT2D eigenvalue weighted by atomic mass is 14.7. The Morgan fingerprint density at radius 2 is 2.00 bits per heavy atom. The van der Waals surface area contributed by atoms with Crippen molar-refractivity contribution in [3.05, 3.63) is 47.5 Å². The van der Waals surface area contributed by atoms with Crippen LogP contribution in [0.1, 0.15) is 24.0 Å². The lowest BCUT2D eigenvalue weighted by atomic mass is 9.93. The number of rotatable bonds is 2. The Morgan fingerprint density at radius 3 is 2.69 bits per heavy atom. The zero-order valence-corrected chi connectivity index (χ0v) is 9.66. The summed E-state index contributed by atoms with van der Waals surface area (Å²) in [6.07, 6.45) is 2.50. The summed E-state index contributed by atoms with van der Waals surface area (Å²) in [5.41, 5.74) is 8.95. The van der Waals surface area contributed by atoms with Gasteiger partial charge in [0.15, 0.2) is 0 Å². The first-order valence-electron chi connectivity index (χ1n) is 5.95. The van der Waals surface area contributed by atoms with E-state index >= 15 is 0 Å². The van der Waals surface area contributed by atoms with E-state index in [4.69, 9.17) is 5.73 Å². The Hall–Kier alpha value is -1.34. The predicted molar refractivity (Wildman–Crippen MR) is 68.7 cm³/mol. The Kier molecular flexibility index (Phi) is 2.05. The van der Waals surface area contributed by atoms with Crippen molar-refractivity contribution in [1.29, 1.82) is 0 Å². The lowest BCUT2D eigenvalue weighted by Gasteiger charge is -2.14. The molecule has 82 valence electrons. The molecule has 2 aromatic carbocycles. The number of hydrogen-bond donors (Lipinski definition) is 1. The third-order valence-electron chi connectivity index (χ3n) is 3.96. The molecule has 0 unspecified atom stereocenters. The van der Waals surface area contributed by atoms with Crippen LogP contribution in [0.5, 0.6) is 0 Å². The van der Waals surface area contributed by atoms with E-state index in [1.165, 1.54) is 34.7 Å². The summed E-state index contributed by atoms with van der Waals surface area (Å²) in [6, 6.07) is 13.3. The summed E-state index contributed by atoms with van der Waals surface area (Å²) in [6.45, 7) is 2.95. The van der Waals surface area contributed by atoms with Gasteiger partial charge >= 0.3 is 0 Å². The maximum absolute atomic E-state index is 5.87. The maximum atomic E-state index is 5.87. The van der Waals surface area contributed by atoms with Crippen LogP contribution in [0.25, 0.3) is 10.8 Å². The zero-order valence-electron chi connectivity index (χ0n) is 9.66. The van der Waals surface area contributed by atoms with Gasteiger partial charge in [0.25, 0.3) is 0 Å². The molecule has 0 aromatic heterocycles. The van der Waals surface area contributed by atoms with E-state index in [0.717, 1.165) is 6.54 Å². The molecule has 2 N–H and O–H groups in total. The SMILES string of the molecule is Cc1cccc2cc(C3(CN)CC3)ccc12. The second-order valence-corrected chi connectivity index (χ2v) is 5.00. The first kappa shape index (κ1) is 9.86. The van der Waals surface area contributed by atoms with Crippen LogP contribution in [0, 0.1) is 6.92 Å². The van der Waals surface area contributed by atoms with E-state index in [2.05, 4.69) is 43.3 Å². The van der Waals surface area contributed by atoms with Crippen LogP contribution in [0.3, 0.4) is 0 Å². The van der Waals surface area contributed by atoms with Crippen molar-refractivity contribution in [2.75, 3.05) is 6.54 Å². The minimum atomic E-state index is 0.304. The van der Waals surface area contributed by atoms with Gasteiger partial charge in [-0.3, -0.25) is 0 Å². The van der Waals surface area contributed by atoms with Gasteiger partial charge in [-0.25, -0.2) is 0 Å². The summed E-state index contributed by atoms with van der Waals surface area (Å²) < 4.78 is 0. The summed E-state index contributed by atoms with van der Waals surface area (Å²) in [7, 11) is 0. The van der Waals surface area contributed by atoms with Crippen molar-refractivity contribution < 1.29 is 0 Å². The van der Waals surface area contributed by atoms with Gasteiger partial charge in [0.05, 0.1) is 0 Å². The Bertz CT molecular complexity index is 538. The van der Waals surface area contributed by atoms with Crippen molar-refractivity contribution in [3.8, 4) is 0 Å². The third-order valence-corrected chi connectivity index (χ3v) is 3.96. The molecule has 1 nitrogen and oxygen atoms in total. The second kappa shape index (κ2) is 3.33. The average molecular weight is 211 g/mol. The van der Waals surface area contributed by atoms with E-state index in [0.29, 0.717) is 5.41 Å². The van der Waals surface area contributed by atoms with Gasteiger partial charge in [0.1, 0.15) is 0 Å². The molecule has 1 saturated carbocycles. The molecule has 0 heterocycles. The molecule has 0 bridgehead atoms. The second-order valence-electron chi connectivity index (χ2n) is 5.00. The van der Waals surface area contributed by atoms with Gasteiger partial charge in [0.2, 0.25) is 0 Å². The summed E-state index contributed by atoms with van der Waals surface area (Å²) >= 11 is 0. The van der Waals surface area contributed by atoms with Gasteiger partial charge in [-0.2, -0.15) is 0 Å². The topological polar surface area (TPSA) is 26.0 Å². The van der Waals surface area contributed by atoms with Crippen LogP contribution < -0.4 is 5.73 Å². The Morgan fingerprint density at radius 1 is 1.19 bits per heavy atom. The number of benzene rings is 2. The van der Waals surface area contributed by atoms with Crippen LogP contribution in [-0.4, -0.2) is 6.54 Å². The van der Waals surface area contributed by atoms with Crippen molar-refractivity contribution in [1.82, 2.24) is 0 Å². The summed E-state index contributed by atoms with van der Waals surface area (Å²) in [5, 5.41) is 2.70. The summed E-state index contributed by atoms with van der Waals surface area (Å²) in [4.78, 5) is 0. The highest BCUT2D eigenvalue weighted by Gasteiger charge is 2.42. The van der Waals surface area contributed by atoms with E-state index in [1.54, 1.807) is 0 Å². The molecular formula is C15H17N. The summed E-state index contributed by atoms with van der Waals surface area (Å²) in [5.74, 6) is 0. The molecule has 0 radical (unpaired) electrons. The number of aryl methyl sites for hydroxylation is 1. The standard InChI is InChI=1S/C15H17N/c1-11-3-2-4-12-9-13(5-6-14(11)12)15(10-16)7-8-15/h2-6,9H,7-8,10,16H2,1H3. The fraction of sp³-hybridized carbons (Fsp3) is 0.333. The molecule has 0 spiro atoms. The quantitative estimate of drug-likeness (QED) is 0.811. The molecule has 1 heteroatoms. The molecule has 3 rings (SSSR count). The molecule has 16 heavy (non-hydrogen) atoms. The number of hydrogen-bond acceptors (Lipinski definition) is 1. The molecule has 0 aliphatic heterocycles. The third kappa shape index (κ3) is 1.35. The van der Waals surface area contributed by atoms with Crippen LogP contribution in [0.4, 0.5) is 0 Å². The average Bonchev–Trinajstić information content (AvgIpc) is 3.10. The van der Waals surface area contributed by atoms with E-state index < -0.39 is 0 Å². The lowest BCUT2D eigenvalue weighted by Crippen LogP contribution is -2.19. The van der Waals surface area contributed by atoms with Crippen molar-refractivity contribution in [3.63, 3.8) is 0 Å². The number of nitrogens with two attached hydrogens (primary N) is 1. The largest absolute Gasteiger partial charge is 0.330 e. The number of fused-ring (bicyclic) bond motifs is 1. The molecular weight excluding hydrogens is 194 g/mol. The highest BCUT2D eigenvalue weighted by molar-refractivity contribution is 5.86. The minimum Gasteiger partial charge on any atom is -0.330 e. The first-order valence-corrected chi connectivity index (χ1v) is 5.95. The van der Waals surface area contributed by atoms with Gasteiger partial charge in [-0.05, 0) is 41.7 Å². The molecule has 1 aliphatic carbocycles. The fourth-order valence-corrected chi connectivity index (χ4v) is 2.54. The molecule has 1 fully saturated rings. The smallest absolute Gasteiger partial charge is 0.00764 e. The zero-order chi connectivity index (χ0) is 11.2. The monoisotopic (exact) mass is 211 g/mol. The van der Waals surface area contributed by atoms with E-state index in [1.807, 2.05) is 0 Å². The van der Waals surface area contributed by atoms with Crippen LogP contribution in [0.2, 0.25) is 0 Å². The van der Waals surface area contributed by atoms with Crippen LogP contribution >= 0.6 is 0 Å². The molecule has 0 atom stereocenters. The van der Waals surface area contributed by atoms with Crippen molar-refractivity contribution in [2.45, 2.75) is 25.2 Å². The van der Waals surface area contributed by atoms with Crippen LogP contribution in [0.15, 0.2) is 36.4 Å². The van der Waals surface area contributed by atoms with Crippen molar-refractivity contribution in [2.24, 2.45) is 5.73 Å².